The number of halogens is 1. The minimum atomic E-state index is 0. The molecule has 1 aromatic rings. The van der Waals surface area contributed by atoms with Crippen LogP contribution in [0.2, 0.25) is 0 Å². The van der Waals surface area contributed by atoms with Gasteiger partial charge in [0, 0.05) is 5.69 Å². The van der Waals surface area contributed by atoms with E-state index in [1.54, 1.807) is 0 Å². The quantitative estimate of drug-likeness (QED) is 0.736. The molecule has 0 spiro atoms. The second-order valence-corrected chi connectivity index (χ2v) is 4.24. The molecule has 1 aromatic carbocycles. The molecule has 0 aliphatic carbocycles. The Morgan fingerprint density at radius 3 is 2.19 bits per heavy atom. The lowest BCUT2D eigenvalue weighted by Crippen LogP contribution is -1.96. The van der Waals surface area contributed by atoms with E-state index in [1.165, 1.54) is 36.8 Å². The fourth-order valence-electron chi connectivity index (χ4n) is 1.78. The van der Waals surface area contributed by atoms with Crippen LogP contribution < -0.4 is 5.73 Å². The zero-order valence-corrected chi connectivity index (χ0v) is 11.3. The van der Waals surface area contributed by atoms with E-state index in [-0.39, 0.29) is 12.4 Å². The number of hydrogen-bond donors (Lipinski definition) is 1. The van der Waals surface area contributed by atoms with E-state index in [1.807, 2.05) is 0 Å². The molecule has 0 radical (unpaired) electrons. The Labute approximate surface area is 106 Å². The van der Waals surface area contributed by atoms with Crippen LogP contribution in [0.4, 0.5) is 5.69 Å². The Hall–Kier alpha value is -0.690. The largest absolute Gasteiger partial charge is 0.398 e. The number of nitrogens with two attached hydrogens (primary N) is 1. The molecule has 2 N–H and O–H groups in total. The van der Waals surface area contributed by atoms with Crippen LogP contribution in [0.3, 0.4) is 0 Å². The molecular weight excluding hydrogens is 218 g/mol. The van der Waals surface area contributed by atoms with Crippen LogP contribution in [-0.4, -0.2) is 0 Å². The first-order chi connectivity index (χ1) is 7.27. The first kappa shape index (κ1) is 15.3. The van der Waals surface area contributed by atoms with Gasteiger partial charge >= 0.3 is 0 Å². The van der Waals surface area contributed by atoms with Gasteiger partial charge in [-0.3, -0.25) is 0 Å². The Morgan fingerprint density at radius 1 is 1.00 bits per heavy atom. The van der Waals surface area contributed by atoms with Crippen molar-refractivity contribution in [1.82, 2.24) is 0 Å². The molecule has 1 nitrogen and oxygen atoms in total. The summed E-state index contributed by atoms with van der Waals surface area (Å²) in [5.41, 5.74) is 9.72. The summed E-state index contributed by atoms with van der Waals surface area (Å²) < 4.78 is 0. The molecule has 0 heterocycles. The van der Waals surface area contributed by atoms with Crippen molar-refractivity contribution in [3.05, 3.63) is 29.3 Å². The molecule has 16 heavy (non-hydrogen) atoms. The van der Waals surface area contributed by atoms with Crippen LogP contribution in [0.25, 0.3) is 0 Å². The minimum Gasteiger partial charge on any atom is -0.398 e. The standard InChI is InChI=1S/C14H23N.ClH/c1-3-5-7-12-9-10-13(8-6-4-2)14(15)11-12;/h9-11H,3-8,15H2,1-2H3;1H. The molecule has 0 aromatic heterocycles. The van der Waals surface area contributed by atoms with Gasteiger partial charge in [0.15, 0.2) is 0 Å². The SMILES string of the molecule is CCCCc1ccc(CCCC)c(N)c1.Cl. The van der Waals surface area contributed by atoms with E-state index >= 15 is 0 Å². The molecule has 0 aliphatic rings. The highest BCUT2D eigenvalue weighted by Crippen LogP contribution is 2.18. The Bertz CT molecular complexity index is 297. The summed E-state index contributed by atoms with van der Waals surface area (Å²) in [6.45, 7) is 4.44. The fraction of sp³-hybridized carbons (Fsp3) is 0.571. The molecule has 0 saturated carbocycles. The summed E-state index contributed by atoms with van der Waals surface area (Å²) in [6.07, 6.45) is 7.26. The summed E-state index contributed by atoms with van der Waals surface area (Å²) in [4.78, 5) is 0. The first-order valence-electron chi connectivity index (χ1n) is 6.15. The average molecular weight is 242 g/mol. The molecule has 1 rings (SSSR count). The van der Waals surface area contributed by atoms with E-state index in [4.69, 9.17) is 5.73 Å². The van der Waals surface area contributed by atoms with Crippen molar-refractivity contribution in [1.29, 1.82) is 0 Å². The molecule has 0 saturated heterocycles. The Morgan fingerprint density at radius 2 is 1.62 bits per heavy atom. The maximum Gasteiger partial charge on any atom is 0.0349 e. The van der Waals surface area contributed by atoms with E-state index in [0.29, 0.717) is 0 Å². The molecular formula is C14H24ClN. The third-order valence-corrected chi connectivity index (χ3v) is 2.83. The van der Waals surface area contributed by atoms with Gasteiger partial charge in [-0.15, -0.1) is 12.4 Å². The highest BCUT2D eigenvalue weighted by Gasteiger charge is 2.00. The van der Waals surface area contributed by atoms with E-state index in [9.17, 15) is 0 Å². The summed E-state index contributed by atoms with van der Waals surface area (Å²) >= 11 is 0. The van der Waals surface area contributed by atoms with Crippen LogP contribution in [0.1, 0.15) is 50.7 Å². The molecule has 0 unspecified atom stereocenters. The van der Waals surface area contributed by atoms with Crippen molar-refractivity contribution in [3.8, 4) is 0 Å². The Kier molecular flexibility index (Phi) is 8.10. The second-order valence-electron chi connectivity index (χ2n) is 4.24. The number of unbranched alkanes of at least 4 members (excludes halogenated alkanes) is 2. The summed E-state index contributed by atoms with van der Waals surface area (Å²) in [5.74, 6) is 0. The summed E-state index contributed by atoms with van der Waals surface area (Å²) in [7, 11) is 0. The van der Waals surface area contributed by atoms with Crippen LogP contribution in [-0.2, 0) is 12.8 Å². The minimum absolute atomic E-state index is 0. The van der Waals surface area contributed by atoms with Crippen LogP contribution >= 0.6 is 12.4 Å². The summed E-state index contributed by atoms with van der Waals surface area (Å²) in [6, 6.07) is 6.59. The maximum absolute atomic E-state index is 6.03. The monoisotopic (exact) mass is 241 g/mol. The van der Waals surface area contributed by atoms with Gasteiger partial charge in [-0.05, 0) is 42.9 Å². The highest BCUT2D eigenvalue weighted by molar-refractivity contribution is 5.85. The predicted molar refractivity (Wildman–Crippen MR) is 75.3 cm³/mol. The van der Waals surface area contributed by atoms with E-state index in [0.717, 1.165) is 18.5 Å². The molecule has 2 heteroatoms. The molecule has 0 amide bonds. The zero-order chi connectivity index (χ0) is 11.1. The molecule has 0 bridgehead atoms. The highest BCUT2D eigenvalue weighted by atomic mass is 35.5. The third-order valence-electron chi connectivity index (χ3n) is 2.83. The van der Waals surface area contributed by atoms with Crippen molar-refractivity contribution < 1.29 is 0 Å². The van der Waals surface area contributed by atoms with E-state index < -0.39 is 0 Å². The van der Waals surface area contributed by atoms with E-state index in [2.05, 4.69) is 32.0 Å². The number of hydrogen-bond acceptors (Lipinski definition) is 1. The van der Waals surface area contributed by atoms with Gasteiger partial charge in [-0.1, -0.05) is 38.8 Å². The van der Waals surface area contributed by atoms with Gasteiger partial charge in [-0.25, -0.2) is 0 Å². The second kappa shape index (κ2) is 8.46. The number of rotatable bonds is 6. The predicted octanol–water partition coefficient (Wildman–Crippen LogP) is 4.38. The molecule has 92 valence electrons. The fourth-order valence-corrected chi connectivity index (χ4v) is 1.78. The van der Waals surface area contributed by atoms with Gasteiger partial charge in [0.1, 0.15) is 0 Å². The van der Waals surface area contributed by atoms with Crippen molar-refractivity contribution in [2.24, 2.45) is 0 Å². The van der Waals surface area contributed by atoms with Gasteiger partial charge < -0.3 is 5.73 Å². The Balaban J connectivity index is 0.00000225. The van der Waals surface area contributed by atoms with Gasteiger partial charge in [0.25, 0.3) is 0 Å². The van der Waals surface area contributed by atoms with Crippen LogP contribution in [0, 0.1) is 0 Å². The van der Waals surface area contributed by atoms with Crippen molar-refractivity contribution >= 4 is 18.1 Å². The lowest BCUT2D eigenvalue weighted by molar-refractivity contribution is 0.787. The lowest BCUT2D eigenvalue weighted by atomic mass is 10.0. The number of benzene rings is 1. The smallest absolute Gasteiger partial charge is 0.0349 e. The normalized spacial score (nSPS) is 9.88. The topological polar surface area (TPSA) is 26.0 Å². The van der Waals surface area contributed by atoms with Crippen LogP contribution in [0.5, 0.6) is 0 Å². The number of anilines is 1. The molecule has 0 aliphatic heterocycles. The molecule has 0 atom stereocenters. The van der Waals surface area contributed by atoms with Crippen molar-refractivity contribution in [3.63, 3.8) is 0 Å². The van der Waals surface area contributed by atoms with Crippen molar-refractivity contribution in [2.45, 2.75) is 52.4 Å². The first-order valence-corrected chi connectivity index (χ1v) is 6.15. The zero-order valence-electron chi connectivity index (χ0n) is 10.5. The van der Waals surface area contributed by atoms with Gasteiger partial charge in [0.05, 0.1) is 0 Å². The number of nitrogen functional groups attached to an aromatic ring is 1. The lowest BCUT2D eigenvalue weighted by Gasteiger charge is -2.07. The van der Waals surface area contributed by atoms with Crippen molar-refractivity contribution in [2.75, 3.05) is 5.73 Å². The van der Waals surface area contributed by atoms with Gasteiger partial charge in [-0.2, -0.15) is 0 Å². The number of aryl methyl sites for hydroxylation is 2. The van der Waals surface area contributed by atoms with Gasteiger partial charge in [0.2, 0.25) is 0 Å². The maximum atomic E-state index is 6.03. The molecule has 0 fully saturated rings. The average Bonchev–Trinajstić information content (AvgIpc) is 2.25. The summed E-state index contributed by atoms with van der Waals surface area (Å²) in [5, 5.41) is 0. The van der Waals surface area contributed by atoms with Crippen LogP contribution in [0.15, 0.2) is 18.2 Å². The third kappa shape index (κ3) is 4.89.